The second-order valence-corrected chi connectivity index (χ2v) is 8.65. The number of ether oxygens (including phenoxy) is 1. The lowest BCUT2D eigenvalue weighted by atomic mass is 10.0. The molecule has 1 aliphatic rings. The molecule has 1 aromatic carbocycles. The predicted octanol–water partition coefficient (Wildman–Crippen LogP) is 2.30. The highest BCUT2D eigenvalue weighted by atomic mass is 16.5. The molecule has 0 spiro atoms. The Morgan fingerprint density at radius 1 is 1.09 bits per heavy atom. The molecule has 1 fully saturated rings. The first-order chi connectivity index (χ1) is 15.9. The summed E-state index contributed by atoms with van der Waals surface area (Å²) in [5.41, 5.74) is 1.46. The molecule has 1 unspecified atom stereocenters. The van der Waals surface area contributed by atoms with Crippen LogP contribution in [-0.4, -0.2) is 67.6 Å². The largest absolute Gasteiger partial charge is 0.494 e. The van der Waals surface area contributed by atoms with E-state index >= 15 is 0 Å². The molecule has 2 N–H and O–H groups in total. The number of nitrogens with zero attached hydrogens (tertiary/aromatic N) is 3. The molecule has 0 saturated carbocycles. The van der Waals surface area contributed by atoms with Crippen molar-refractivity contribution in [3.63, 3.8) is 0 Å². The van der Waals surface area contributed by atoms with Crippen molar-refractivity contribution in [3.8, 4) is 5.75 Å². The molecular formula is C25H35N5O3. The second kappa shape index (κ2) is 11.7. The van der Waals surface area contributed by atoms with Gasteiger partial charge in [-0.1, -0.05) is 19.9 Å². The molecule has 2 amide bonds. The number of pyridine rings is 1. The molecular weight excluding hydrogens is 418 g/mol. The summed E-state index contributed by atoms with van der Waals surface area (Å²) >= 11 is 0. The Morgan fingerprint density at radius 2 is 1.79 bits per heavy atom. The fourth-order valence-corrected chi connectivity index (χ4v) is 3.79. The van der Waals surface area contributed by atoms with Crippen molar-refractivity contribution < 1.29 is 14.3 Å². The van der Waals surface area contributed by atoms with Gasteiger partial charge in [-0.2, -0.15) is 0 Å². The molecule has 1 aromatic heterocycles. The van der Waals surface area contributed by atoms with Crippen LogP contribution in [0, 0.1) is 5.92 Å². The van der Waals surface area contributed by atoms with E-state index in [1.807, 2.05) is 32.9 Å². The standard InChI is InChI=1S/C25H35N5O3/c1-5-33-21-10-8-19(9-11-21)24(31)28-22(18(2)3)25(32)27-17-20-7-6-12-26-23(20)30-15-13-29(4)14-16-30/h6-12,18,22H,5,13-17H2,1-4H3,(H,27,32)(H,28,31). The van der Waals surface area contributed by atoms with Crippen LogP contribution in [0.25, 0.3) is 0 Å². The molecule has 1 aliphatic heterocycles. The number of aromatic nitrogens is 1. The van der Waals surface area contributed by atoms with Gasteiger partial charge in [0.1, 0.15) is 17.6 Å². The highest BCUT2D eigenvalue weighted by Crippen LogP contribution is 2.19. The van der Waals surface area contributed by atoms with Gasteiger partial charge in [-0.05, 0) is 50.2 Å². The van der Waals surface area contributed by atoms with E-state index in [0.717, 1.165) is 37.6 Å². The Hall–Kier alpha value is -3.13. The lowest BCUT2D eigenvalue weighted by Gasteiger charge is -2.34. The van der Waals surface area contributed by atoms with Gasteiger partial charge in [-0.15, -0.1) is 0 Å². The lowest BCUT2D eigenvalue weighted by molar-refractivity contribution is -0.124. The first-order valence-electron chi connectivity index (χ1n) is 11.6. The summed E-state index contributed by atoms with van der Waals surface area (Å²) < 4.78 is 5.42. The maximum atomic E-state index is 13.0. The van der Waals surface area contributed by atoms with Gasteiger partial charge in [0.2, 0.25) is 5.91 Å². The van der Waals surface area contributed by atoms with Gasteiger partial charge >= 0.3 is 0 Å². The Bertz CT molecular complexity index is 924. The van der Waals surface area contributed by atoms with Gasteiger partial charge in [-0.25, -0.2) is 4.98 Å². The van der Waals surface area contributed by atoms with Crippen LogP contribution >= 0.6 is 0 Å². The van der Waals surface area contributed by atoms with Crippen molar-refractivity contribution in [3.05, 3.63) is 53.7 Å². The molecule has 8 heteroatoms. The summed E-state index contributed by atoms with van der Waals surface area (Å²) in [6.07, 6.45) is 1.78. The average molecular weight is 454 g/mol. The smallest absolute Gasteiger partial charge is 0.251 e. The van der Waals surface area contributed by atoms with Gasteiger partial charge in [0.15, 0.2) is 0 Å². The van der Waals surface area contributed by atoms with E-state index in [0.29, 0.717) is 24.5 Å². The first-order valence-corrected chi connectivity index (χ1v) is 11.6. The molecule has 3 rings (SSSR count). The number of benzene rings is 1. The quantitative estimate of drug-likeness (QED) is 0.606. The molecule has 0 radical (unpaired) electrons. The van der Waals surface area contributed by atoms with E-state index in [9.17, 15) is 9.59 Å². The SMILES string of the molecule is CCOc1ccc(C(=O)NC(C(=O)NCc2cccnc2N2CCN(C)CC2)C(C)C)cc1. The van der Waals surface area contributed by atoms with Crippen LogP contribution < -0.4 is 20.3 Å². The van der Waals surface area contributed by atoms with Crippen LogP contribution in [0.2, 0.25) is 0 Å². The highest BCUT2D eigenvalue weighted by Gasteiger charge is 2.25. The first kappa shape index (κ1) is 24.5. The normalized spacial score (nSPS) is 15.2. The molecule has 0 aliphatic carbocycles. The minimum absolute atomic E-state index is 0.0670. The van der Waals surface area contributed by atoms with E-state index in [1.165, 1.54) is 0 Å². The fraction of sp³-hybridized carbons (Fsp3) is 0.480. The van der Waals surface area contributed by atoms with Crippen LogP contribution in [0.3, 0.4) is 0 Å². The number of hydrogen-bond acceptors (Lipinski definition) is 6. The molecule has 8 nitrogen and oxygen atoms in total. The Labute approximate surface area is 196 Å². The summed E-state index contributed by atoms with van der Waals surface area (Å²) in [6, 6.07) is 10.1. The molecule has 178 valence electrons. The second-order valence-electron chi connectivity index (χ2n) is 8.65. The molecule has 1 atom stereocenters. The van der Waals surface area contributed by atoms with Crippen LogP contribution in [0.1, 0.15) is 36.7 Å². The number of anilines is 1. The van der Waals surface area contributed by atoms with Crippen LogP contribution in [0.4, 0.5) is 5.82 Å². The number of carbonyl (C=O) groups is 2. The third-order valence-electron chi connectivity index (χ3n) is 5.79. The number of rotatable bonds is 9. The number of nitrogens with one attached hydrogen (secondary N) is 2. The van der Waals surface area contributed by atoms with Crippen molar-refractivity contribution in [2.75, 3.05) is 44.7 Å². The van der Waals surface area contributed by atoms with E-state index in [1.54, 1.807) is 30.5 Å². The summed E-state index contributed by atoms with van der Waals surface area (Å²) in [5, 5.41) is 5.88. The third-order valence-corrected chi connectivity index (χ3v) is 5.79. The summed E-state index contributed by atoms with van der Waals surface area (Å²) in [4.78, 5) is 34.9. The number of piperazine rings is 1. The Balaban J connectivity index is 1.62. The average Bonchev–Trinajstić information content (AvgIpc) is 2.82. The molecule has 33 heavy (non-hydrogen) atoms. The molecule has 0 bridgehead atoms. The molecule has 2 aromatic rings. The maximum Gasteiger partial charge on any atom is 0.251 e. The number of amides is 2. The summed E-state index contributed by atoms with van der Waals surface area (Å²) in [7, 11) is 2.12. The van der Waals surface area contributed by atoms with Crippen molar-refractivity contribution in [1.82, 2.24) is 20.5 Å². The predicted molar refractivity (Wildman–Crippen MR) is 129 cm³/mol. The Kier molecular flexibility index (Phi) is 8.65. The maximum absolute atomic E-state index is 13.0. The minimum Gasteiger partial charge on any atom is -0.494 e. The zero-order valence-electron chi connectivity index (χ0n) is 20.0. The van der Waals surface area contributed by atoms with Crippen molar-refractivity contribution in [2.24, 2.45) is 5.92 Å². The van der Waals surface area contributed by atoms with E-state index in [4.69, 9.17) is 4.74 Å². The van der Waals surface area contributed by atoms with Gasteiger partial charge < -0.3 is 25.2 Å². The topological polar surface area (TPSA) is 86.8 Å². The van der Waals surface area contributed by atoms with Gasteiger partial charge in [0.05, 0.1) is 6.61 Å². The lowest BCUT2D eigenvalue weighted by Crippen LogP contribution is -2.49. The summed E-state index contributed by atoms with van der Waals surface area (Å²) in [5.74, 6) is 1.05. The molecule has 2 heterocycles. The highest BCUT2D eigenvalue weighted by molar-refractivity contribution is 5.97. The van der Waals surface area contributed by atoms with E-state index in [-0.39, 0.29) is 17.7 Å². The molecule has 1 saturated heterocycles. The van der Waals surface area contributed by atoms with Crippen molar-refractivity contribution in [2.45, 2.75) is 33.4 Å². The number of hydrogen-bond donors (Lipinski definition) is 2. The van der Waals surface area contributed by atoms with Crippen LogP contribution in [-0.2, 0) is 11.3 Å². The summed E-state index contributed by atoms with van der Waals surface area (Å²) in [6.45, 7) is 10.4. The van der Waals surface area contributed by atoms with Crippen molar-refractivity contribution >= 4 is 17.6 Å². The van der Waals surface area contributed by atoms with Gasteiger partial charge in [0, 0.05) is 50.0 Å². The van der Waals surface area contributed by atoms with Crippen LogP contribution in [0.5, 0.6) is 5.75 Å². The minimum atomic E-state index is -0.646. The van der Waals surface area contributed by atoms with E-state index < -0.39 is 6.04 Å². The van der Waals surface area contributed by atoms with Gasteiger partial charge in [-0.3, -0.25) is 9.59 Å². The third kappa shape index (κ3) is 6.68. The number of carbonyl (C=O) groups excluding carboxylic acids is 2. The number of likely N-dealkylation sites (N-methyl/N-ethyl adjacent to an activating group) is 1. The van der Waals surface area contributed by atoms with E-state index in [2.05, 4.69) is 32.5 Å². The van der Waals surface area contributed by atoms with Gasteiger partial charge in [0.25, 0.3) is 5.91 Å². The zero-order valence-corrected chi connectivity index (χ0v) is 20.0. The Morgan fingerprint density at radius 3 is 2.42 bits per heavy atom. The zero-order chi connectivity index (χ0) is 23.8. The fourth-order valence-electron chi connectivity index (χ4n) is 3.79. The van der Waals surface area contributed by atoms with Crippen molar-refractivity contribution in [1.29, 1.82) is 0 Å². The monoisotopic (exact) mass is 453 g/mol. The van der Waals surface area contributed by atoms with Crippen LogP contribution in [0.15, 0.2) is 42.6 Å².